The molecule has 1 aliphatic carbocycles. The largest absolute Gasteiger partial charge is 0.491 e. The van der Waals surface area contributed by atoms with Gasteiger partial charge in [-0.1, -0.05) is 141 Å². The predicted octanol–water partition coefficient (Wildman–Crippen LogP) is 12.2. The first kappa shape index (κ1) is 36.1. The van der Waals surface area contributed by atoms with E-state index in [1.807, 2.05) is 6.07 Å². The first-order valence-electron chi connectivity index (χ1n) is 17.3. The molecule has 2 aromatic rings. The summed E-state index contributed by atoms with van der Waals surface area (Å²) in [6.45, 7) is 5.49. The minimum Gasteiger partial charge on any atom is -0.491 e. The zero-order valence-corrected chi connectivity index (χ0v) is 26.9. The molecule has 0 unspecified atom stereocenters. The van der Waals surface area contributed by atoms with Crippen molar-refractivity contribution >= 4 is 0 Å². The molecule has 0 N–H and O–H groups in total. The van der Waals surface area contributed by atoms with Crippen molar-refractivity contribution in [3.63, 3.8) is 0 Å². The van der Waals surface area contributed by atoms with Crippen molar-refractivity contribution < 1.29 is 18.6 Å². The molecule has 42 heavy (non-hydrogen) atoms. The van der Waals surface area contributed by atoms with Gasteiger partial charge in [0, 0.05) is 0 Å². The zero-order valence-electron chi connectivity index (χ0n) is 26.9. The molecule has 2 aromatic carbocycles. The standard InChI is InChI=1S/C38H59FO2.FH/c1-3-5-7-8-9-10-11-12-13-15-29-40-38-28-25-35(30-37(38)39)31-41-36-26-23-34(24-27-36)22-21-33-19-17-32(18-20-33)16-14-6-4-2;/h23-28,30,32-33H,3-22,29,31H2,1-2H3;1H. The zero-order chi connectivity index (χ0) is 29.0. The van der Waals surface area contributed by atoms with Gasteiger partial charge in [0.05, 0.1) is 6.61 Å². The fraction of sp³-hybridized carbons (Fsp3) is 0.684. The van der Waals surface area contributed by atoms with Crippen LogP contribution in [0, 0.1) is 17.7 Å². The molecule has 0 amide bonds. The van der Waals surface area contributed by atoms with E-state index in [2.05, 4.69) is 38.1 Å². The summed E-state index contributed by atoms with van der Waals surface area (Å²) in [5.41, 5.74) is 2.21. The molecule has 0 radical (unpaired) electrons. The SMILES string of the molecule is CCCCCCCCCCCCOc1ccc(COc2ccc(CCC3CCC(CCCCC)CC3)cc2)cc1F.F. The highest BCUT2D eigenvalue weighted by Crippen LogP contribution is 2.34. The van der Waals surface area contributed by atoms with Gasteiger partial charge in [-0.2, -0.15) is 0 Å². The van der Waals surface area contributed by atoms with E-state index in [4.69, 9.17) is 9.47 Å². The molecule has 1 saturated carbocycles. The molecule has 1 fully saturated rings. The van der Waals surface area contributed by atoms with Crippen molar-refractivity contribution in [1.82, 2.24) is 0 Å². The van der Waals surface area contributed by atoms with Gasteiger partial charge in [-0.25, -0.2) is 4.39 Å². The van der Waals surface area contributed by atoms with Gasteiger partial charge in [-0.15, -0.1) is 0 Å². The third kappa shape index (κ3) is 14.9. The molecule has 0 saturated heterocycles. The lowest BCUT2D eigenvalue weighted by atomic mass is 9.78. The Morgan fingerprint density at radius 3 is 1.79 bits per heavy atom. The molecule has 2 nitrogen and oxygen atoms in total. The van der Waals surface area contributed by atoms with Gasteiger partial charge in [-0.05, 0) is 66.5 Å². The smallest absolute Gasteiger partial charge is 0.165 e. The average Bonchev–Trinajstić information content (AvgIpc) is 3.00. The Bertz CT molecular complexity index is 921. The van der Waals surface area contributed by atoms with Crippen LogP contribution in [0.2, 0.25) is 0 Å². The lowest BCUT2D eigenvalue weighted by molar-refractivity contribution is 0.249. The van der Waals surface area contributed by atoms with Crippen LogP contribution in [0.5, 0.6) is 11.5 Å². The summed E-state index contributed by atoms with van der Waals surface area (Å²) >= 11 is 0. The van der Waals surface area contributed by atoms with Gasteiger partial charge in [0.15, 0.2) is 11.6 Å². The number of halogens is 2. The lowest BCUT2D eigenvalue weighted by Crippen LogP contribution is -2.15. The van der Waals surface area contributed by atoms with Crippen molar-refractivity contribution in [3.8, 4) is 11.5 Å². The third-order valence-corrected chi connectivity index (χ3v) is 9.10. The van der Waals surface area contributed by atoms with E-state index >= 15 is 0 Å². The Morgan fingerprint density at radius 2 is 1.17 bits per heavy atom. The monoisotopic (exact) mass is 586 g/mol. The highest BCUT2D eigenvalue weighted by molar-refractivity contribution is 5.31. The summed E-state index contributed by atoms with van der Waals surface area (Å²) in [5, 5.41) is 0. The Balaban J connectivity index is 0.00000616. The summed E-state index contributed by atoms with van der Waals surface area (Å²) in [4.78, 5) is 0. The van der Waals surface area contributed by atoms with Crippen LogP contribution < -0.4 is 9.47 Å². The Morgan fingerprint density at radius 1 is 0.619 bits per heavy atom. The quantitative estimate of drug-likeness (QED) is 0.128. The Hall–Kier alpha value is -2.10. The normalized spacial score (nSPS) is 16.6. The molecule has 1 aliphatic rings. The summed E-state index contributed by atoms with van der Waals surface area (Å²) in [7, 11) is 0. The predicted molar refractivity (Wildman–Crippen MR) is 175 cm³/mol. The molecular weight excluding hydrogens is 526 g/mol. The number of hydrogen-bond donors (Lipinski definition) is 0. The van der Waals surface area contributed by atoms with E-state index in [0.29, 0.717) is 19.0 Å². The maximum Gasteiger partial charge on any atom is 0.165 e. The number of rotatable bonds is 22. The lowest BCUT2D eigenvalue weighted by Gasteiger charge is -2.28. The van der Waals surface area contributed by atoms with Crippen molar-refractivity contribution in [1.29, 1.82) is 0 Å². The van der Waals surface area contributed by atoms with Crippen LogP contribution in [0.15, 0.2) is 42.5 Å². The highest BCUT2D eigenvalue weighted by atomic mass is 19.1. The second-order valence-electron chi connectivity index (χ2n) is 12.6. The van der Waals surface area contributed by atoms with Crippen LogP contribution in [0.3, 0.4) is 0 Å². The number of ether oxygens (including phenoxy) is 2. The third-order valence-electron chi connectivity index (χ3n) is 9.10. The van der Waals surface area contributed by atoms with Gasteiger partial charge in [-0.3, -0.25) is 4.70 Å². The molecule has 238 valence electrons. The van der Waals surface area contributed by atoms with Crippen LogP contribution in [-0.4, -0.2) is 6.61 Å². The molecule has 0 spiro atoms. The first-order chi connectivity index (χ1) is 20.2. The van der Waals surface area contributed by atoms with Crippen LogP contribution in [0.4, 0.5) is 9.09 Å². The van der Waals surface area contributed by atoms with Crippen LogP contribution in [0.1, 0.15) is 147 Å². The highest BCUT2D eigenvalue weighted by Gasteiger charge is 2.20. The first-order valence-corrected chi connectivity index (χ1v) is 17.3. The van der Waals surface area contributed by atoms with Gasteiger partial charge in [0.25, 0.3) is 0 Å². The topological polar surface area (TPSA) is 18.5 Å². The molecule has 0 bridgehead atoms. The molecule has 4 heteroatoms. The molecule has 0 heterocycles. The number of unbranched alkanes of at least 4 members (excludes halogenated alkanes) is 11. The fourth-order valence-corrected chi connectivity index (χ4v) is 6.30. The van der Waals surface area contributed by atoms with Crippen molar-refractivity contribution in [3.05, 3.63) is 59.4 Å². The molecule has 3 rings (SSSR count). The second-order valence-corrected chi connectivity index (χ2v) is 12.6. The van der Waals surface area contributed by atoms with Crippen LogP contribution >= 0.6 is 0 Å². The molecule has 0 aliphatic heterocycles. The number of benzene rings is 2. The maximum absolute atomic E-state index is 14.6. The van der Waals surface area contributed by atoms with Gasteiger partial charge in [0.1, 0.15) is 12.4 Å². The Labute approximate surface area is 256 Å². The van der Waals surface area contributed by atoms with Crippen molar-refractivity contribution in [2.75, 3.05) is 6.61 Å². The summed E-state index contributed by atoms with van der Waals surface area (Å²) < 4.78 is 26.2. The second kappa shape index (κ2) is 22.4. The van der Waals surface area contributed by atoms with E-state index in [-0.39, 0.29) is 10.5 Å². The van der Waals surface area contributed by atoms with Gasteiger partial charge in [0.2, 0.25) is 0 Å². The fourth-order valence-electron chi connectivity index (χ4n) is 6.30. The van der Waals surface area contributed by atoms with E-state index < -0.39 is 0 Å². The molecule has 0 atom stereocenters. The van der Waals surface area contributed by atoms with E-state index in [1.54, 1.807) is 12.1 Å². The van der Waals surface area contributed by atoms with E-state index in [0.717, 1.165) is 42.4 Å². The molecular formula is C38H60F2O2. The minimum absolute atomic E-state index is 0. The minimum atomic E-state index is -0.302. The summed E-state index contributed by atoms with van der Waals surface area (Å²) in [6.07, 6.45) is 26.6. The summed E-state index contributed by atoms with van der Waals surface area (Å²) in [6, 6.07) is 13.7. The van der Waals surface area contributed by atoms with E-state index in [1.165, 1.54) is 115 Å². The number of hydrogen-bond acceptors (Lipinski definition) is 2. The molecule has 0 aromatic heterocycles. The van der Waals surface area contributed by atoms with Crippen molar-refractivity contribution in [2.24, 2.45) is 11.8 Å². The van der Waals surface area contributed by atoms with Gasteiger partial charge < -0.3 is 9.47 Å². The maximum atomic E-state index is 14.6. The van der Waals surface area contributed by atoms with Crippen molar-refractivity contribution in [2.45, 2.75) is 149 Å². The summed E-state index contributed by atoms with van der Waals surface area (Å²) in [5.74, 6) is 2.76. The van der Waals surface area contributed by atoms with Crippen LogP contribution in [0.25, 0.3) is 0 Å². The number of aryl methyl sites for hydroxylation is 1. The Kier molecular flexibility index (Phi) is 19.3. The van der Waals surface area contributed by atoms with Gasteiger partial charge >= 0.3 is 0 Å². The van der Waals surface area contributed by atoms with Crippen LogP contribution in [-0.2, 0) is 13.0 Å². The van der Waals surface area contributed by atoms with E-state index in [9.17, 15) is 4.39 Å². The average molecular weight is 587 g/mol.